The number of thiophene rings is 1. The molecule has 25 heavy (non-hydrogen) atoms. The lowest BCUT2D eigenvalue weighted by atomic mass is 10.2. The van der Waals surface area contributed by atoms with Crippen molar-refractivity contribution in [2.75, 3.05) is 6.54 Å². The first-order chi connectivity index (χ1) is 12.2. The molecule has 3 aromatic heterocycles. The van der Waals surface area contributed by atoms with Crippen LogP contribution < -0.4 is 5.32 Å². The second kappa shape index (κ2) is 6.69. The van der Waals surface area contributed by atoms with Crippen LogP contribution in [0.2, 0.25) is 0 Å². The zero-order valence-corrected chi connectivity index (χ0v) is 14.9. The van der Waals surface area contributed by atoms with Gasteiger partial charge >= 0.3 is 0 Å². The molecule has 3 heterocycles. The molecule has 1 atom stereocenters. The number of nitrogens with one attached hydrogen (secondary N) is 1. The van der Waals surface area contributed by atoms with Crippen molar-refractivity contribution in [3.05, 3.63) is 51.9 Å². The molecule has 0 saturated carbocycles. The highest BCUT2D eigenvalue weighted by Gasteiger charge is 2.18. The highest BCUT2D eigenvalue weighted by molar-refractivity contribution is 7.18. The Labute approximate surface area is 151 Å². The summed E-state index contributed by atoms with van der Waals surface area (Å²) in [5.41, 5.74) is 1.68. The van der Waals surface area contributed by atoms with Gasteiger partial charge < -0.3 is 5.32 Å². The summed E-state index contributed by atoms with van der Waals surface area (Å²) >= 11 is 3.03. The maximum absolute atomic E-state index is 12.5. The molecule has 1 aromatic carbocycles. The zero-order chi connectivity index (χ0) is 17.2. The monoisotopic (exact) mass is 370 g/mol. The molecular formula is C16H14N6OS2. The second-order valence-corrected chi connectivity index (χ2v) is 7.50. The lowest BCUT2D eigenvalue weighted by molar-refractivity contribution is 0.0955. The Balaban J connectivity index is 1.46. The van der Waals surface area contributed by atoms with Gasteiger partial charge in [0.2, 0.25) is 0 Å². The lowest BCUT2D eigenvalue weighted by Crippen LogP contribution is -2.27. The molecule has 0 radical (unpaired) electrons. The highest BCUT2D eigenvalue weighted by atomic mass is 32.1. The van der Waals surface area contributed by atoms with Gasteiger partial charge in [0.25, 0.3) is 5.91 Å². The van der Waals surface area contributed by atoms with Gasteiger partial charge in [-0.15, -0.1) is 27.8 Å². The number of amides is 1. The van der Waals surface area contributed by atoms with Crippen LogP contribution in [0.4, 0.5) is 0 Å². The van der Waals surface area contributed by atoms with Crippen molar-refractivity contribution in [3.63, 3.8) is 0 Å². The summed E-state index contributed by atoms with van der Waals surface area (Å²) in [5.74, 6) is 0.00580. The van der Waals surface area contributed by atoms with Crippen LogP contribution >= 0.6 is 22.7 Å². The summed E-state index contributed by atoms with van der Waals surface area (Å²) in [6.07, 6.45) is 1.47. The van der Waals surface area contributed by atoms with Crippen LogP contribution in [0.25, 0.3) is 15.9 Å². The Morgan fingerprint density at radius 2 is 2.20 bits per heavy atom. The summed E-state index contributed by atoms with van der Waals surface area (Å²) in [6, 6.07) is 9.88. The van der Waals surface area contributed by atoms with Gasteiger partial charge in [-0.05, 0) is 34.0 Å². The first-order valence-corrected chi connectivity index (χ1v) is 9.36. The first-order valence-electron chi connectivity index (χ1n) is 7.67. The minimum Gasteiger partial charge on any atom is -0.351 e. The molecule has 0 bridgehead atoms. The van der Waals surface area contributed by atoms with E-state index in [0.29, 0.717) is 17.1 Å². The number of para-hydroxylation sites is 1. The van der Waals surface area contributed by atoms with Gasteiger partial charge in [0.1, 0.15) is 11.2 Å². The smallest absolute Gasteiger partial charge is 0.263 e. The average Bonchev–Trinajstić information content (AvgIpc) is 3.38. The zero-order valence-electron chi connectivity index (χ0n) is 13.3. The summed E-state index contributed by atoms with van der Waals surface area (Å²) in [4.78, 5) is 17.8. The fourth-order valence-electron chi connectivity index (χ4n) is 2.44. The van der Waals surface area contributed by atoms with Crippen LogP contribution in [0.5, 0.6) is 0 Å². The van der Waals surface area contributed by atoms with Crippen LogP contribution in [0.3, 0.4) is 0 Å². The third-order valence-corrected chi connectivity index (χ3v) is 5.92. The number of carbonyl (C=O) groups is 1. The van der Waals surface area contributed by atoms with Crippen molar-refractivity contribution >= 4 is 38.8 Å². The maximum Gasteiger partial charge on any atom is 0.263 e. The molecule has 0 aliphatic carbocycles. The molecule has 7 nitrogen and oxygen atoms in total. The quantitative estimate of drug-likeness (QED) is 0.584. The van der Waals surface area contributed by atoms with E-state index >= 15 is 0 Å². The number of thiazole rings is 1. The molecule has 9 heteroatoms. The van der Waals surface area contributed by atoms with Gasteiger partial charge in [-0.2, -0.15) is 4.68 Å². The Kier molecular flexibility index (Phi) is 4.24. The number of tetrazole rings is 1. The Bertz CT molecular complexity index is 974. The van der Waals surface area contributed by atoms with Crippen LogP contribution in [0, 0.1) is 0 Å². The molecule has 0 aliphatic heterocycles. The minimum absolute atomic E-state index is 0.131. The van der Waals surface area contributed by atoms with E-state index in [1.165, 1.54) is 22.3 Å². The van der Waals surface area contributed by atoms with E-state index in [0.717, 1.165) is 15.2 Å². The Hall–Kier alpha value is -2.65. The van der Waals surface area contributed by atoms with Gasteiger partial charge in [0.05, 0.1) is 20.9 Å². The van der Waals surface area contributed by atoms with Crippen molar-refractivity contribution in [1.82, 2.24) is 30.5 Å². The normalized spacial score (nSPS) is 12.4. The van der Waals surface area contributed by atoms with Crippen LogP contribution in [0.1, 0.15) is 27.5 Å². The van der Waals surface area contributed by atoms with E-state index in [-0.39, 0.29) is 11.8 Å². The molecule has 0 fully saturated rings. The topological polar surface area (TPSA) is 85.6 Å². The Morgan fingerprint density at radius 1 is 1.32 bits per heavy atom. The number of fused-ring (bicyclic) bond motifs is 1. The molecule has 1 amide bonds. The number of hydrogen-bond acceptors (Lipinski definition) is 7. The van der Waals surface area contributed by atoms with Crippen molar-refractivity contribution in [1.29, 1.82) is 0 Å². The third-order valence-electron chi connectivity index (χ3n) is 3.75. The average molecular weight is 370 g/mol. The Morgan fingerprint density at radius 3 is 3.00 bits per heavy atom. The largest absolute Gasteiger partial charge is 0.351 e. The number of nitrogens with zero attached hydrogens (tertiary/aromatic N) is 5. The molecule has 0 spiro atoms. The molecular weight excluding hydrogens is 356 g/mol. The van der Waals surface area contributed by atoms with E-state index in [9.17, 15) is 4.79 Å². The summed E-state index contributed by atoms with van der Waals surface area (Å²) in [5, 5.41) is 16.9. The fraction of sp³-hybridized carbons (Fsp3) is 0.188. The number of rotatable bonds is 5. The SMILES string of the molecule is CC(CNC(=O)c1sccc1-n1cnnn1)c1nc2ccccc2s1. The predicted octanol–water partition coefficient (Wildman–Crippen LogP) is 2.87. The van der Waals surface area contributed by atoms with Crippen molar-refractivity contribution in [3.8, 4) is 5.69 Å². The number of hydrogen-bond donors (Lipinski definition) is 1. The van der Waals surface area contributed by atoms with Crippen molar-refractivity contribution in [2.45, 2.75) is 12.8 Å². The molecule has 126 valence electrons. The van der Waals surface area contributed by atoms with E-state index in [1.807, 2.05) is 29.6 Å². The van der Waals surface area contributed by atoms with Crippen LogP contribution in [0.15, 0.2) is 42.0 Å². The van der Waals surface area contributed by atoms with Crippen molar-refractivity contribution in [2.24, 2.45) is 0 Å². The molecule has 4 rings (SSSR count). The minimum atomic E-state index is -0.131. The predicted molar refractivity (Wildman–Crippen MR) is 97.4 cm³/mol. The fourth-order valence-corrected chi connectivity index (χ4v) is 4.25. The molecule has 4 aromatic rings. The first kappa shape index (κ1) is 15.9. The van der Waals surface area contributed by atoms with E-state index in [4.69, 9.17) is 0 Å². The van der Waals surface area contributed by atoms with E-state index in [1.54, 1.807) is 11.3 Å². The van der Waals surface area contributed by atoms with E-state index in [2.05, 4.69) is 38.8 Å². The number of carbonyl (C=O) groups excluding carboxylic acids is 1. The number of aromatic nitrogens is 5. The van der Waals surface area contributed by atoms with E-state index < -0.39 is 0 Å². The third kappa shape index (κ3) is 3.15. The van der Waals surface area contributed by atoms with Gasteiger partial charge in [-0.25, -0.2) is 4.98 Å². The number of benzene rings is 1. The summed E-state index contributed by atoms with van der Waals surface area (Å²) < 4.78 is 2.65. The van der Waals surface area contributed by atoms with Gasteiger partial charge in [-0.1, -0.05) is 19.1 Å². The van der Waals surface area contributed by atoms with Crippen LogP contribution in [-0.4, -0.2) is 37.6 Å². The molecule has 0 saturated heterocycles. The molecule has 1 N–H and O–H groups in total. The summed E-state index contributed by atoms with van der Waals surface area (Å²) in [7, 11) is 0. The maximum atomic E-state index is 12.5. The summed E-state index contributed by atoms with van der Waals surface area (Å²) in [6.45, 7) is 2.58. The highest BCUT2D eigenvalue weighted by Crippen LogP contribution is 2.27. The van der Waals surface area contributed by atoms with Crippen LogP contribution in [-0.2, 0) is 0 Å². The standard InChI is InChI=1S/C16H14N6OS2/c1-10(16-19-11-4-2-3-5-13(11)25-16)8-17-15(23)14-12(6-7-24-14)22-9-18-20-21-22/h2-7,9-10H,8H2,1H3,(H,17,23). The van der Waals surface area contributed by atoms with Gasteiger partial charge in [-0.3, -0.25) is 4.79 Å². The second-order valence-electron chi connectivity index (χ2n) is 5.52. The van der Waals surface area contributed by atoms with Gasteiger partial charge in [0.15, 0.2) is 0 Å². The van der Waals surface area contributed by atoms with Crippen molar-refractivity contribution < 1.29 is 4.79 Å². The molecule has 0 aliphatic rings. The molecule has 1 unspecified atom stereocenters. The van der Waals surface area contributed by atoms with Gasteiger partial charge in [0, 0.05) is 12.5 Å². The lowest BCUT2D eigenvalue weighted by Gasteiger charge is -2.10.